The minimum Gasteiger partial charge on any atom is -0.481 e. The number of aryl methyl sites for hydroxylation is 1. The first-order chi connectivity index (χ1) is 8.96. The van der Waals surface area contributed by atoms with Crippen molar-refractivity contribution in [2.45, 2.75) is 58.3 Å². The Bertz CT molecular complexity index is 448. The number of hydrogen-bond donors (Lipinski definition) is 1. The Balaban J connectivity index is 2.07. The van der Waals surface area contributed by atoms with E-state index in [1.807, 2.05) is 6.07 Å². The van der Waals surface area contributed by atoms with Crippen molar-refractivity contribution in [3.05, 3.63) is 35.4 Å². The van der Waals surface area contributed by atoms with E-state index in [4.69, 9.17) is 5.11 Å². The second kappa shape index (κ2) is 5.77. The number of aliphatic carboxylic acids is 1. The summed E-state index contributed by atoms with van der Waals surface area (Å²) in [6.45, 7) is 4.71. The van der Waals surface area contributed by atoms with Crippen molar-refractivity contribution in [1.29, 1.82) is 0 Å². The molecule has 1 aromatic carbocycles. The van der Waals surface area contributed by atoms with Gasteiger partial charge in [-0.05, 0) is 48.1 Å². The molecule has 2 nitrogen and oxygen atoms in total. The molecule has 1 aromatic rings. The summed E-state index contributed by atoms with van der Waals surface area (Å²) in [7, 11) is 0. The van der Waals surface area contributed by atoms with Gasteiger partial charge in [0.15, 0.2) is 0 Å². The molecule has 1 aliphatic carbocycles. The predicted molar refractivity (Wildman–Crippen MR) is 77.4 cm³/mol. The Morgan fingerprint density at radius 1 is 1.42 bits per heavy atom. The molecular weight excluding hydrogens is 236 g/mol. The molecule has 1 atom stereocenters. The number of carboxylic acids is 1. The second-order valence-corrected chi connectivity index (χ2v) is 6.60. The molecule has 104 valence electrons. The lowest BCUT2D eigenvalue weighted by molar-refractivity contribution is -0.136. The Morgan fingerprint density at radius 2 is 2.21 bits per heavy atom. The topological polar surface area (TPSA) is 37.3 Å². The van der Waals surface area contributed by atoms with Crippen LogP contribution in [0.1, 0.15) is 63.0 Å². The molecule has 1 saturated carbocycles. The van der Waals surface area contributed by atoms with Crippen LogP contribution in [-0.2, 0) is 11.2 Å². The molecule has 0 bridgehead atoms. The molecule has 1 aliphatic rings. The first-order valence-electron chi connectivity index (χ1n) is 7.27. The SMILES string of the molecule is CC1(C)CCCC(c2cccc(CCC(=O)O)c2)C1. The largest absolute Gasteiger partial charge is 0.481 e. The molecular formula is C17H24O2. The van der Waals surface area contributed by atoms with E-state index in [0.29, 0.717) is 17.8 Å². The molecule has 0 amide bonds. The molecule has 0 aliphatic heterocycles. The average Bonchev–Trinajstić information content (AvgIpc) is 2.35. The lowest BCUT2D eigenvalue weighted by atomic mass is 9.70. The van der Waals surface area contributed by atoms with Crippen LogP contribution in [0.5, 0.6) is 0 Å². The monoisotopic (exact) mass is 260 g/mol. The maximum absolute atomic E-state index is 10.6. The minimum atomic E-state index is -0.718. The lowest BCUT2D eigenvalue weighted by Gasteiger charge is -2.35. The Labute approximate surface area is 115 Å². The van der Waals surface area contributed by atoms with Gasteiger partial charge in [-0.15, -0.1) is 0 Å². The molecule has 0 spiro atoms. The summed E-state index contributed by atoms with van der Waals surface area (Å²) in [5.74, 6) is -0.0715. The number of benzene rings is 1. The van der Waals surface area contributed by atoms with Gasteiger partial charge in [0.05, 0.1) is 0 Å². The van der Waals surface area contributed by atoms with Crippen molar-refractivity contribution in [1.82, 2.24) is 0 Å². The zero-order chi connectivity index (χ0) is 13.9. The first kappa shape index (κ1) is 14.1. The third-order valence-corrected chi connectivity index (χ3v) is 4.26. The highest BCUT2D eigenvalue weighted by molar-refractivity contribution is 5.67. The Morgan fingerprint density at radius 3 is 2.89 bits per heavy atom. The van der Waals surface area contributed by atoms with Crippen LogP contribution >= 0.6 is 0 Å². The highest BCUT2D eigenvalue weighted by Crippen LogP contribution is 2.43. The predicted octanol–water partition coefficient (Wildman–Crippen LogP) is 4.39. The molecule has 19 heavy (non-hydrogen) atoms. The molecule has 1 unspecified atom stereocenters. The van der Waals surface area contributed by atoms with E-state index in [1.54, 1.807) is 0 Å². The fourth-order valence-electron chi connectivity index (χ4n) is 3.24. The van der Waals surface area contributed by atoms with Gasteiger partial charge in [-0.2, -0.15) is 0 Å². The minimum absolute atomic E-state index is 0.222. The molecule has 1 N–H and O–H groups in total. The molecule has 2 heteroatoms. The molecule has 1 fully saturated rings. The smallest absolute Gasteiger partial charge is 0.303 e. The average molecular weight is 260 g/mol. The van der Waals surface area contributed by atoms with Crippen molar-refractivity contribution < 1.29 is 9.90 Å². The number of carbonyl (C=O) groups is 1. The summed E-state index contributed by atoms with van der Waals surface area (Å²) in [6, 6.07) is 8.54. The normalized spacial score (nSPS) is 22.1. The van der Waals surface area contributed by atoms with Crippen LogP contribution in [0.3, 0.4) is 0 Å². The third kappa shape index (κ3) is 4.09. The summed E-state index contributed by atoms with van der Waals surface area (Å²) < 4.78 is 0. The van der Waals surface area contributed by atoms with Gasteiger partial charge in [-0.1, -0.05) is 44.5 Å². The highest BCUT2D eigenvalue weighted by atomic mass is 16.4. The standard InChI is InChI=1S/C17H24O2/c1-17(2)10-4-7-15(12-17)14-6-3-5-13(11-14)8-9-16(18)19/h3,5-6,11,15H,4,7-10,12H2,1-2H3,(H,18,19). The summed E-state index contributed by atoms with van der Waals surface area (Å²) >= 11 is 0. The first-order valence-corrected chi connectivity index (χ1v) is 7.27. The van der Waals surface area contributed by atoms with Gasteiger partial charge in [0.25, 0.3) is 0 Å². The van der Waals surface area contributed by atoms with Crippen molar-refractivity contribution in [2.75, 3.05) is 0 Å². The van der Waals surface area contributed by atoms with Crippen molar-refractivity contribution >= 4 is 5.97 Å². The van der Waals surface area contributed by atoms with E-state index in [0.717, 1.165) is 5.56 Å². The van der Waals surface area contributed by atoms with Gasteiger partial charge >= 0.3 is 5.97 Å². The Kier molecular flexibility index (Phi) is 4.28. The summed E-state index contributed by atoms with van der Waals surface area (Å²) in [6.07, 6.45) is 6.00. The second-order valence-electron chi connectivity index (χ2n) is 6.60. The number of hydrogen-bond acceptors (Lipinski definition) is 1. The van der Waals surface area contributed by atoms with E-state index in [-0.39, 0.29) is 6.42 Å². The zero-order valence-electron chi connectivity index (χ0n) is 12.0. The van der Waals surface area contributed by atoms with Crippen molar-refractivity contribution in [3.63, 3.8) is 0 Å². The molecule has 0 aromatic heterocycles. The Hall–Kier alpha value is -1.31. The summed E-state index contributed by atoms with van der Waals surface area (Å²) in [4.78, 5) is 10.6. The van der Waals surface area contributed by atoms with Crippen LogP contribution in [0.25, 0.3) is 0 Å². The molecule has 2 rings (SSSR count). The van der Waals surface area contributed by atoms with E-state index in [9.17, 15) is 4.79 Å². The van der Waals surface area contributed by atoms with Crippen LogP contribution in [0.4, 0.5) is 0 Å². The van der Waals surface area contributed by atoms with Gasteiger partial charge in [0, 0.05) is 6.42 Å². The molecule has 0 saturated heterocycles. The fourth-order valence-corrected chi connectivity index (χ4v) is 3.24. The lowest BCUT2D eigenvalue weighted by Crippen LogP contribution is -2.21. The van der Waals surface area contributed by atoms with Crippen LogP contribution in [-0.4, -0.2) is 11.1 Å². The van der Waals surface area contributed by atoms with Crippen molar-refractivity contribution in [2.24, 2.45) is 5.41 Å². The van der Waals surface area contributed by atoms with Gasteiger partial charge in [-0.25, -0.2) is 0 Å². The van der Waals surface area contributed by atoms with Crippen LogP contribution < -0.4 is 0 Å². The quantitative estimate of drug-likeness (QED) is 0.871. The van der Waals surface area contributed by atoms with Gasteiger partial charge < -0.3 is 5.11 Å². The van der Waals surface area contributed by atoms with Crippen LogP contribution in [0.2, 0.25) is 0 Å². The van der Waals surface area contributed by atoms with E-state index in [2.05, 4.69) is 32.0 Å². The maximum Gasteiger partial charge on any atom is 0.303 e. The van der Waals surface area contributed by atoms with E-state index in [1.165, 1.54) is 31.2 Å². The van der Waals surface area contributed by atoms with Gasteiger partial charge in [0.2, 0.25) is 0 Å². The summed E-state index contributed by atoms with van der Waals surface area (Å²) in [5, 5.41) is 8.76. The van der Waals surface area contributed by atoms with Crippen molar-refractivity contribution in [3.8, 4) is 0 Å². The highest BCUT2D eigenvalue weighted by Gasteiger charge is 2.28. The van der Waals surface area contributed by atoms with Gasteiger partial charge in [-0.3, -0.25) is 4.79 Å². The number of carboxylic acid groups (broad SMARTS) is 1. The number of rotatable bonds is 4. The van der Waals surface area contributed by atoms with Crippen LogP contribution in [0, 0.1) is 5.41 Å². The van der Waals surface area contributed by atoms with E-state index < -0.39 is 5.97 Å². The third-order valence-electron chi connectivity index (χ3n) is 4.26. The van der Waals surface area contributed by atoms with Gasteiger partial charge in [0.1, 0.15) is 0 Å². The van der Waals surface area contributed by atoms with E-state index >= 15 is 0 Å². The van der Waals surface area contributed by atoms with Crippen LogP contribution in [0.15, 0.2) is 24.3 Å². The summed E-state index contributed by atoms with van der Waals surface area (Å²) in [5.41, 5.74) is 3.00. The fraction of sp³-hybridized carbons (Fsp3) is 0.588. The molecule has 0 radical (unpaired) electrons. The molecule has 0 heterocycles. The maximum atomic E-state index is 10.6. The zero-order valence-corrected chi connectivity index (χ0v) is 12.0.